The van der Waals surface area contributed by atoms with Gasteiger partial charge in [0.05, 0.1) is 5.41 Å². The van der Waals surface area contributed by atoms with Gasteiger partial charge in [-0.3, -0.25) is 9.59 Å². The van der Waals surface area contributed by atoms with Gasteiger partial charge in [-0.1, -0.05) is 48.5 Å². The van der Waals surface area contributed by atoms with Gasteiger partial charge in [0.2, 0.25) is 11.8 Å². The van der Waals surface area contributed by atoms with Crippen LogP contribution >= 0.6 is 0 Å². The number of likely N-dealkylation sites (N-methyl/N-ethyl adjacent to an activating group) is 1. The second-order valence-corrected chi connectivity index (χ2v) is 7.71. The Bertz CT molecular complexity index is 842. The number of rotatable bonds is 5. The molecule has 4 nitrogen and oxygen atoms in total. The van der Waals surface area contributed by atoms with Gasteiger partial charge in [-0.25, -0.2) is 0 Å². The van der Waals surface area contributed by atoms with E-state index in [1.807, 2.05) is 48.3 Å². The van der Waals surface area contributed by atoms with Crippen molar-refractivity contribution in [1.29, 1.82) is 0 Å². The first-order chi connectivity index (χ1) is 13.1. The Balaban J connectivity index is 1.67. The van der Waals surface area contributed by atoms with Crippen molar-refractivity contribution < 1.29 is 9.59 Å². The molecule has 1 atom stereocenters. The van der Waals surface area contributed by atoms with Gasteiger partial charge in [0.15, 0.2) is 0 Å². The molecule has 2 amide bonds. The predicted molar refractivity (Wildman–Crippen MR) is 107 cm³/mol. The Morgan fingerprint density at radius 2 is 1.67 bits per heavy atom. The summed E-state index contributed by atoms with van der Waals surface area (Å²) in [4.78, 5) is 29.8. The smallest absolute Gasteiger partial charge is 0.237 e. The van der Waals surface area contributed by atoms with Crippen molar-refractivity contribution in [2.75, 3.05) is 25.0 Å². The highest BCUT2D eigenvalue weighted by atomic mass is 16.2. The Kier molecular flexibility index (Phi) is 4.73. The van der Waals surface area contributed by atoms with E-state index in [4.69, 9.17) is 0 Å². The van der Waals surface area contributed by atoms with Crippen LogP contribution in [0.3, 0.4) is 0 Å². The average Bonchev–Trinajstić information content (AvgIpc) is 3.31. The third kappa shape index (κ3) is 3.14. The van der Waals surface area contributed by atoms with Crippen LogP contribution < -0.4 is 4.90 Å². The van der Waals surface area contributed by atoms with E-state index in [9.17, 15) is 9.59 Å². The molecule has 4 heteroatoms. The van der Waals surface area contributed by atoms with Crippen LogP contribution in [-0.2, 0) is 21.4 Å². The van der Waals surface area contributed by atoms with E-state index in [2.05, 4.69) is 18.2 Å². The van der Waals surface area contributed by atoms with E-state index in [0.717, 1.165) is 42.7 Å². The molecule has 2 aliphatic rings. The van der Waals surface area contributed by atoms with Gasteiger partial charge in [-0.15, -0.1) is 0 Å². The highest BCUT2D eigenvalue weighted by Gasteiger charge is 2.49. The van der Waals surface area contributed by atoms with Crippen LogP contribution in [0.15, 0.2) is 54.6 Å². The minimum Gasteiger partial charge on any atom is -0.343 e. The highest BCUT2D eigenvalue weighted by molar-refractivity contribution is 6.08. The minimum atomic E-state index is -0.665. The van der Waals surface area contributed by atoms with E-state index < -0.39 is 5.41 Å². The quantitative estimate of drug-likeness (QED) is 0.816. The zero-order chi connectivity index (χ0) is 18.9. The third-order valence-corrected chi connectivity index (χ3v) is 6.07. The number of hydrogen-bond donors (Lipinski definition) is 0. The average molecular weight is 362 g/mol. The van der Waals surface area contributed by atoms with Crippen molar-refractivity contribution >= 4 is 17.5 Å². The number of amides is 2. The number of nitrogens with zero attached hydrogens (tertiary/aromatic N) is 2. The molecule has 1 unspecified atom stereocenters. The molecule has 27 heavy (non-hydrogen) atoms. The topological polar surface area (TPSA) is 40.6 Å². The van der Waals surface area contributed by atoms with E-state index in [1.165, 1.54) is 0 Å². The Labute approximate surface area is 160 Å². The summed E-state index contributed by atoms with van der Waals surface area (Å²) < 4.78 is 0. The van der Waals surface area contributed by atoms with E-state index >= 15 is 0 Å². The van der Waals surface area contributed by atoms with Gasteiger partial charge >= 0.3 is 0 Å². The standard InChI is InChI=1S/C23H26N2O2/c1-24-20-12-6-5-11-19(20)23(22(24)27,17-18-9-3-2-4-10-18)14-13-21(26)25-15-7-8-16-25/h2-6,9-12H,7-8,13-17H2,1H3. The maximum Gasteiger partial charge on any atom is 0.237 e. The van der Waals surface area contributed by atoms with E-state index in [-0.39, 0.29) is 11.8 Å². The molecule has 4 rings (SSSR count). The summed E-state index contributed by atoms with van der Waals surface area (Å²) in [6.45, 7) is 1.71. The van der Waals surface area contributed by atoms with Gasteiger partial charge in [0.25, 0.3) is 0 Å². The van der Waals surface area contributed by atoms with Crippen molar-refractivity contribution in [2.45, 2.75) is 37.5 Å². The van der Waals surface area contributed by atoms with Gasteiger partial charge in [-0.2, -0.15) is 0 Å². The first-order valence-corrected chi connectivity index (χ1v) is 9.81. The summed E-state index contributed by atoms with van der Waals surface area (Å²) in [6.07, 6.45) is 3.77. The molecule has 0 aliphatic carbocycles. The molecule has 2 aliphatic heterocycles. The van der Waals surface area contributed by atoms with Crippen LogP contribution in [0.25, 0.3) is 0 Å². The number of benzene rings is 2. The molecule has 2 aromatic rings. The predicted octanol–water partition coefficient (Wildman–Crippen LogP) is 3.55. The maximum absolute atomic E-state index is 13.4. The zero-order valence-electron chi connectivity index (χ0n) is 15.9. The summed E-state index contributed by atoms with van der Waals surface area (Å²) in [5.74, 6) is 0.279. The fraction of sp³-hybridized carbons (Fsp3) is 0.391. The van der Waals surface area contributed by atoms with E-state index in [0.29, 0.717) is 19.3 Å². The molecule has 2 heterocycles. The molecule has 0 saturated carbocycles. The van der Waals surface area contributed by atoms with Gasteiger partial charge < -0.3 is 9.80 Å². The van der Waals surface area contributed by atoms with Crippen LogP contribution in [0.5, 0.6) is 0 Å². The lowest BCUT2D eigenvalue weighted by molar-refractivity contribution is -0.131. The van der Waals surface area contributed by atoms with Crippen LogP contribution in [0, 0.1) is 0 Å². The van der Waals surface area contributed by atoms with Crippen molar-refractivity contribution in [3.05, 3.63) is 65.7 Å². The molecule has 1 saturated heterocycles. The summed E-state index contributed by atoms with van der Waals surface area (Å²) in [5, 5.41) is 0. The molecule has 0 radical (unpaired) electrons. The largest absolute Gasteiger partial charge is 0.343 e. The van der Waals surface area contributed by atoms with Crippen LogP contribution in [0.2, 0.25) is 0 Å². The molecule has 0 N–H and O–H groups in total. The minimum absolute atomic E-state index is 0.0989. The van der Waals surface area contributed by atoms with Gasteiger partial charge in [0.1, 0.15) is 0 Å². The monoisotopic (exact) mass is 362 g/mol. The number of likely N-dealkylation sites (tertiary alicyclic amines) is 1. The molecular formula is C23H26N2O2. The fourth-order valence-electron chi connectivity index (χ4n) is 4.61. The molecule has 2 aromatic carbocycles. The lowest BCUT2D eigenvalue weighted by Crippen LogP contribution is -2.41. The van der Waals surface area contributed by atoms with Gasteiger partial charge in [0, 0.05) is 32.2 Å². The summed E-state index contributed by atoms with van der Waals surface area (Å²) in [7, 11) is 1.84. The third-order valence-electron chi connectivity index (χ3n) is 6.07. The zero-order valence-corrected chi connectivity index (χ0v) is 15.9. The fourth-order valence-corrected chi connectivity index (χ4v) is 4.61. The maximum atomic E-state index is 13.4. The number of carbonyl (C=O) groups excluding carboxylic acids is 2. The number of para-hydroxylation sites is 1. The second-order valence-electron chi connectivity index (χ2n) is 7.71. The van der Waals surface area contributed by atoms with Crippen molar-refractivity contribution in [3.8, 4) is 0 Å². The Hall–Kier alpha value is -2.62. The Morgan fingerprint density at radius 1 is 1.00 bits per heavy atom. The van der Waals surface area contributed by atoms with Crippen LogP contribution in [0.4, 0.5) is 5.69 Å². The molecule has 0 bridgehead atoms. The lowest BCUT2D eigenvalue weighted by Gasteiger charge is -2.29. The molecule has 1 fully saturated rings. The molecule has 0 spiro atoms. The van der Waals surface area contributed by atoms with E-state index in [1.54, 1.807) is 4.90 Å². The first-order valence-electron chi connectivity index (χ1n) is 9.81. The number of anilines is 1. The van der Waals surface area contributed by atoms with Crippen molar-refractivity contribution in [2.24, 2.45) is 0 Å². The first kappa shape index (κ1) is 17.8. The SMILES string of the molecule is CN1C(=O)C(CCC(=O)N2CCCC2)(Cc2ccccc2)c2ccccc21. The second kappa shape index (κ2) is 7.18. The van der Waals surface area contributed by atoms with Crippen molar-refractivity contribution in [1.82, 2.24) is 4.90 Å². The van der Waals surface area contributed by atoms with Crippen molar-refractivity contribution in [3.63, 3.8) is 0 Å². The van der Waals surface area contributed by atoms with Crippen LogP contribution in [0.1, 0.15) is 36.8 Å². The summed E-state index contributed by atoms with van der Waals surface area (Å²) >= 11 is 0. The van der Waals surface area contributed by atoms with Gasteiger partial charge in [-0.05, 0) is 42.9 Å². The number of fused-ring (bicyclic) bond motifs is 1. The molecule has 140 valence electrons. The van der Waals surface area contributed by atoms with Crippen LogP contribution in [-0.4, -0.2) is 36.9 Å². The summed E-state index contributed by atoms with van der Waals surface area (Å²) in [6, 6.07) is 18.2. The molecule has 0 aromatic heterocycles. The highest BCUT2D eigenvalue weighted by Crippen LogP contribution is 2.46. The molecular weight excluding hydrogens is 336 g/mol. The Morgan fingerprint density at radius 3 is 2.41 bits per heavy atom. The lowest BCUT2D eigenvalue weighted by atomic mass is 9.73. The summed E-state index contributed by atoms with van der Waals surface area (Å²) in [5.41, 5.74) is 2.48. The number of carbonyl (C=O) groups is 2. The normalized spacial score (nSPS) is 21.6. The number of hydrogen-bond acceptors (Lipinski definition) is 2.